The maximum atomic E-state index is 12.3. The average molecular weight is 337 g/mol. The molecule has 1 aromatic carbocycles. The average Bonchev–Trinajstić information content (AvgIpc) is 3.00. The molecular weight excluding hydrogens is 318 g/mol. The number of benzene rings is 1. The summed E-state index contributed by atoms with van der Waals surface area (Å²) in [4.78, 5) is 6.55. The van der Waals surface area contributed by atoms with E-state index in [1.807, 2.05) is 12.1 Å². The number of rotatable bonds is 4. The zero-order chi connectivity index (χ0) is 15.6. The molecule has 1 fully saturated rings. The van der Waals surface area contributed by atoms with Crippen LogP contribution in [0.1, 0.15) is 24.3 Å². The van der Waals surface area contributed by atoms with Crippen LogP contribution in [0.2, 0.25) is 0 Å². The molecule has 0 saturated carbocycles. The van der Waals surface area contributed by atoms with E-state index in [-0.39, 0.29) is 4.90 Å². The highest BCUT2D eigenvalue weighted by atomic mass is 32.2. The van der Waals surface area contributed by atoms with Crippen molar-refractivity contribution in [2.75, 3.05) is 24.9 Å². The van der Waals surface area contributed by atoms with Crippen LogP contribution in [0.4, 0.5) is 5.13 Å². The Kier molecular flexibility index (Phi) is 4.46. The van der Waals surface area contributed by atoms with Gasteiger partial charge in [-0.2, -0.15) is 0 Å². The largest absolute Gasteiger partial charge is 0.306 e. The molecule has 0 spiro atoms. The molecule has 1 aliphatic rings. The molecule has 1 N–H and O–H groups in total. The smallest absolute Gasteiger partial charge is 0.263 e. The first kappa shape index (κ1) is 15.5. The lowest BCUT2D eigenvalue weighted by Crippen LogP contribution is -2.29. The van der Waals surface area contributed by atoms with Gasteiger partial charge in [0.2, 0.25) is 0 Å². The Morgan fingerprint density at radius 1 is 1.23 bits per heavy atom. The molecule has 22 heavy (non-hydrogen) atoms. The van der Waals surface area contributed by atoms with Gasteiger partial charge in [-0.1, -0.05) is 12.1 Å². The van der Waals surface area contributed by atoms with Crippen LogP contribution in [0.15, 0.2) is 40.7 Å². The molecule has 3 rings (SSSR count). The second-order valence-corrected chi connectivity index (χ2v) is 8.17. The molecule has 118 valence electrons. The summed E-state index contributed by atoms with van der Waals surface area (Å²) in [6, 6.07) is 7.24. The van der Waals surface area contributed by atoms with Crippen molar-refractivity contribution >= 4 is 26.5 Å². The summed E-state index contributed by atoms with van der Waals surface area (Å²) >= 11 is 1.26. The summed E-state index contributed by atoms with van der Waals surface area (Å²) in [7, 11) is -1.41. The molecule has 2 heterocycles. The molecule has 1 saturated heterocycles. The van der Waals surface area contributed by atoms with Gasteiger partial charge < -0.3 is 4.90 Å². The van der Waals surface area contributed by atoms with Gasteiger partial charge >= 0.3 is 0 Å². The van der Waals surface area contributed by atoms with E-state index in [1.54, 1.807) is 23.7 Å². The Morgan fingerprint density at radius 2 is 1.91 bits per heavy atom. The minimum atomic E-state index is -3.55. The van der Waals surface area contributed by atoms with Crippen molar-refractivity contribution in [3.05, 3.63) is 41.4 Å². The van der Waals surface area contributed by atoms with E-state index in [0.717, 1.165) is 25.9 Å². The summed E-state index contributed by atoms with van der Waals surface area (Å²) in [6.45, 7) is 2.19. The predicted molar refractivity (Wildman–Crippen MR) is 88.8 cm³/mol. The molecule has 0 radical (unpaired) electrons. The maximum absolute atomic E-state index is 12.3. The number of aromatic nitrogens is 1. The number of piperidine rings is 1. The summed E-state index contributed by atoms with van der Waals surface area (Å²) in [5.41, 5.74) is 1.22. The van der Waals surface area contributed by atoms with Crippen molar-refractivity contribution in [1.82, 2.24) is 9.88 Å². The van der Waals surface area contributed by atoms with E-state index < -0.39 is 10.0 Å². The van der Waals surface area contributed by atoms with Crippen LogP contribution in [0.25, 0.3) is 0 Å². The lowest BCUT2D eigenvalue weighted by Gasteiger charge is -2.29. The fourth-order valence-corrected chi connectivity index (χ4v) is 4.50. The van der Waals surface area contributed by atoms with Crippen LogP contribution in [-0.4, -0.2) is 38.4 Å². The predicted octanol–water partition coefficient (Wildman–Crippen LogP) is 2.75. The molecule has 0 bridgehead atoms. The van der Waals surface area contributed by atoms with Crippen LogP contribution in [0.5, 0.6) is 0 Å². The fourth-order valence-electron chi connectivity index (χ4n) is 2.71. The monoisotopic (exact) mass is 337 g/mol. The van der Waals surface area contributed by atoms with Crippen molar-refractivity contribution in [3.63, 3.8) is 0 Å². The summed E-state index contributed by atoms with van der Waals surface area (Å²) < 4.78 is 27.1. The van der Waals surface area contributed by atoms with Crippen molar-refractivity contribution in [1.29, 1.82) is 0 Å². The van der Waals surface area contributed by atoms with Gasteiger partial charge in [-0.15, -0.1) is 11.3 Å². The Labute approximate surface area is 135 Å². The number of hydrogen-bond donors (Lipinski definition) is 1. The van der Waals surface area contributed by atoms with Crippen molar-refractivity contribution in [2.45, 2.75) is 23.7 Å². The SMILES string of the molecule is CN1CCC(c2ccc(S(=O)(=O)Nc3nccs3)cc2)CC1. The van der Waals surface area contributed by atoms with Gasteiger partial charge in [-0.3, -0.25) is 4.72 Å². The number of likely N-dealkylation sites (tertiary alicyclic amines) is 1. The van der Waals surface area contributed by atoms with Crippen LogP contribution in [0, 0.1) is 0 Å². The number of anilines is 1. The van der Waals surface area contributed by atoms with E-state index in [0.29, 0.717) is 11.0 Å². The summed E-state index contributed by atoms with van der Waals surface area (Å²) in [6.07, 6.45) is 3.83. The molecule has 0 unspecified atom stereocenters. The highest BCUT2D eigenvalue weighted by Gasteiger charge is 2.20. The van der Waals surface area contributed by atoms with Crippen molar-refractivity contribution in [2.24, 2.45) is 0 Å². The lowest BCUT2D eigenvalue weighted by atomic mass is 9.90. The highest BCUT2D eigenvalue weighted by Crippen LogP contribution is 2.28. The van der Waals surface area contributed by atoms with Crippen LogP contribution in [0.3, 0.4) is 0 Å². The quantitative estimate of drug-likeness (QED) is 0.932. The lowest BCUT2D eigenvalue weighted by molar-refractivity contribution is 0.255. The van der Waals surface area contributed by atoms with Crippen molar-refractivity contribution in [3.8, 4) is 0 Å². The molecule has 1 aliphatic heterocycles. The number of thiazole rings is 1. The summed E-state index contributed by atoms with van der Waals surface area (Å²) in [5, 5.41) is 2.13. The third-order valence-electron chi connectivity index (χ3n) is 4.03. The van der Waals surface area contributed by atoms with E-state index in [1.165, 1.54) is 16.9 Å². The second-order valence-electron chi connectivity index (χ2n) is 5.59. The Hall–Kier alpha value is -1.44. The van der Waals surface area contributed by atoms with Crippen LogP contribution >= 0.6 is 11.3 Å². The normalized spacial score (nSPS) is 17.5. The minimum Gasteiger partial charge on any atom is -0.306 e. The zero-order valence-electron chi connectivity index (χ0n) is 12.4. The maximum Gasteiger partial charge on any atom is 0.263 e. The van der Waals surface area contributed by atoms with Gasteiger partial charge in [0.25, 0.3) is 10.0 Å². The Balaban J connectivity index is 1.73. The molecule has 0 atom stereocenters. The molecule has 0 amide bonds. The first-order chi connectivity index (χ1) is 10.5. The van der Waals surface area contributed by atoms with Gasteiger partial charge in [0, 0.05) is 11.6 Å². The van der Waals surface area contributed by atoms with Gasteiger partial charge in [-0.05, 0) is 56.6 Å². The third-order valence-corrected chi connectivity index (χ3v) is 6.21. The van der Waals surface area contributed by atoms with E-state index in [9.17, 15) is 8.42 Å². The second kappa shape index (κ2) is 6.36. The van der Waals surface area contributed by atoms with Crippen molar-refractivity contribution < 1.29 is 8.42 Å². The van der Waals surface area contributed by atoms with E-state index in [4.69, 9.17) is 0 Å². The molecule has 7 heteroatoms. The standard InChI is InChI=1S/C15H19N3O2S2/c1-18-9-6-13(7-10-18)12-2-4-14(5-3-12)22(19,20)17-15-16-8-11-21-15/h2-5,8,11,13H,6-7,9-10H2,1H3,(H,16,17). The Morgan fingerprint density at radius 3 is 2.50 bits per heavy atom. The molecule has 5 nitrogen and oxygen atoms in total. The van der Waals surface area contributed by atoms with Crippen LogP contribution in [-0.2, 0) is 10.0 Å². The van der Waals surface area contributed by atoms with Gasteiger partial charge in [-0.25, -0.2) is 13.4 Å². The fraction of sp³-hybridized carbons (Fsp3) is 0.400. The number of sulfonamides is 1. The molecule has 1 aromatic heterocycles. The molecule has 2 aromatic rings. The molecule has 0 aliphatic carbocycles. The number of nitrogens with one attached hydrogen (secondary N) is 1. The summed E-state index contributed by atoms with van der Waals surface area (Å²) in [5.74, 6) is 0.528. The zero-order valence-corrected chi connectivity index (χ0v) is 14.0. The van der Waals surface area contributed by atoms with Gasteiger partial charge in [0.05, 0.1) is 4.90 Å². The topological polar surface area (TPSA) is 62.3 Å². The van der Waals surface area contributed by atoms with Gasteiger partial charge in [0.1, 0.15) is 0 Å². The van der Waals surface area contributed by atoms with E-state index >= 15 is 0 Å². The third kappa shape index (κ3) is 3.48. The van der Waals surface area contributed by atoms with Gasteiger partial charge in [0.15, 0.2) is 5.13 Å². The van der Waals surface area contributed by atoms with E-state index in [2.05, 4.69) is 21.7 Å². The first-order valence-corrected chi connectivity index (χ1v) is 9.62. The molecular formula is C15H19N3O2S2. The highest BCUT2D eigenvalue weighted by molar-refractivity contribution is 7.93. The number of nitrogens with zero attached hydrogens (tertiary/aromatic N) is 2. The first-order valence-electron chi connectivity index (χ1n) is 7.25. The Bertz CT molecular complexity index is 704. The number of hydrogen-bond acceptors (Lipinski definition) is 5. The van der Waals surface area contributed by atoms with Crippen LogP contribution < -0.4 is 4.72 Å². The minimum absolute atomic E-state index is 0.277.